The van der Waals surface area contributed by atoms with Crippen molar-refractivity contribution in [2.24, 2.45) is 5.92 Å². The number of pyridine rings is 1. The van der Waals surface area contributed by atoms with E-state index in [0.29, 0.717) is 17.9 Å². The Morgan fingerprint density at radius 3 is 2.67 bits per heavy atom. The molecule has 4 nitrogen and oxygen atoms in total. The van der Waals surface area contributed by atoms with Crippen molar-refractivity contribution in [3.05, 3.63) is 57.8 Å². The van der Waals surface area contributed by atoms with Crippen LogP contribution in [0.5, 0.6) is 5.75 Å². The summed E-state index contributed by atoms with van der Waals surface area (Å²) in [5.74, 6) is 0.248. The number of carbonyl (C=O) groups excluding carboxylic acids is 1. The fourth-order valence-electron chi connectivity index (χ4n) is 2.77. The van der Waals surface area contributed by atoms with Crippen molar-refractivity contribution in [2.45, 2.75) is 32.0 Å². The first kappa shape index (κ1) is 19.7. The summed E-state index contributed by atoms with van der Waals surface area (Å²) in [7, 11) is 0. The summed E-state index contributed by atoms with van der Waals surface area (Å²) in [4.78, 5) is 16.0. The molecule has 2 unspecified atom stereocenters. The van der Waals surface area contributed by atoms with Crippen molar-refractivity contribution in [2.75, 3.05) is 6.61 Å². The number of hydrogen-bond donors (Lipinski definition) is 0. The average molecular weight is 444 g/mol. The predicted molar refractivity (Wildman–Crippen MR) is 95.2 cm³/mol. The SMILES string of the molecule is CCOC(=O)C1CC1c1ccc(OCc2ccc(C(F)(F)F)c(Br)c2)cn1. The second-order valence-electron chi connectivity index (χ2n) is 6.22. The van der Waals surface area contributed by atoms with Crippen LogP contribution in [0.1, 0.15) is 36.1 Å². The van der Waals surface area contributed by atoms with Crippen LogP contribution in [0.3, 0.4) is 0 Å². The minimum Gasteiger partial charge on any atom is -0.487 e. The molecular formula is C19H17BrF3NO3. The number of hydrogen-bond acceptors (Lipinski definition) is 4. The van der Waals surface area contributed by atoms with E-state index in [-0.39, 0.29) is 28.9 Å². The van der Waals surface area contributed by atoms with Gasteiger partial charge >= 0.3 is 12.1 Å². The molecule has 1 aromatic carbocycles. The molecule has 0 radical (unpaired) electrons. The predicted octanol–water partition coefficient (Wildman–Crippen LogP) is 5.11. The Kier molecular flexibility index (Phi) is 5.74. The Hall–Kier alpha value is -2.09. The maximum absolute atomic E-state index is 12.8. The summed E-state index contributed by atoms with van der Waals surface area (Å²) in [6.45, 7) is 2.25. The average Bonchev–Trinajstić information content (AvgIpc) is 3.40. The number of halogens is 4. The maximum Gasteiger partial charge on any atom is 0.417 e. The molecule has 1 aliphatic carbocycles. The second kappa shape index (κ2) is 7.88. The lowest BCUT2D eigenvalue weighted by molar-refractivity contribution is -0.144. The van der Waals surface area contributed by atoms with Gasteiger partial charge in [0.05, 0.1) is 24.3 Å². The summed E-state index contributed by atoms with van der Waals surface area (Å²) in [5, 5.41) is 0. The van der Waals surface area contributed by atoms with Crippen LogP contribution >= 0.6 is 15.9 Å². The smallest absolute Gasteiger partial charge is 0.417 e. The number of alkyl halides is 3. The topological polar surface area (TPSA) is 48.4 Å². The first-order valence-electron chi connectivity index (χ1n) is 8.40. The molecule has 1 aromatic heterocycles. The molecule has 1 saturated carbocycles. The van der Waals surface area contributed by atoms with E-state index in [0.717, 1.165) is 18.2 Å². The standard InChI is InChI=1S/C19H17BrF3NO3/c1-2-26-18(25)14-8-13(14)17-6-4-12(9-24-17)27-10-11-3-5-15(16(20)7-11)19(21,22)23/h3-7,9,13-14H,2,8,10H2,1H3. The lowest BCUT2D eigenvalue weighted by Crippen LogP contribution is -2.07. The Morgan fingerprint density at radius 1 is 1.30 bits per heavy atom. The summed E-state index contributed by atoms with van der Waals surface area (Å²) in [5.41, 5.74) is 0.680. The van der Waals surface area contributed by atoms with Crippen molar-refractivity contribution in [3.63, 3.8) is 0 Å². The zero-order valence-corrected chi connectivity index (χ0v) is 16.0. The van der Waals surface area contributed by atoms with Crippen LogP contribution < -0.4 is 4.74 Å². The minimum atomic E-state index is -4.40. The molecule has 0 aliphatic heterocycles. The van der Waals surface area contributed by atoms with Crippen molar-refractivity contribution < 1.29 is 27.4 Å². The lowest BCUT2D eigenvalue weighted by atomic mass is 10.1. The molecule has 8 heteroatoms. The summed E-state index contributed by atoms with van der Waals surface area (Å²) >= 11 is 2.94. The van der Waals surface area contributed by atoms with Gasteiger partial charge in [-0.05, 0) is 43.2 Å². The highest BCUT2D eigenvalue weighted by molar-refractivity contribution is 9.10. The first-order valence-corrected chi connectivity index (χ1v) is 9.20. The molecule has 2 atom stereocenters. The maximum atomic E-state index is 12.8. The highest BCUT2D eigenvalue weighted by Gasteiger charge is 2.46. The molecule has 27 heavy (non-hydrogen) atoms. The quantitative estimate of drug-likeness (QED) is 0.582. The van der Waals surface area contributed by atoms with Crippen LogP contribution in [0, 0.1) is 5.92 Å². The minimum absolute atomic E-state index is 0.0247. The Morgan fingerprint density at radius 2 is 2.07 bits per heavy atom. The third-order valence-electron chi connectivity index (χ3n) is 4.26. The number of carbonyl (C=O) groups is 1. The molecule has 0 amide bonds. The fourth-order valence-corrected chi connectivity index (χ4v) is 3.42. The van der Waals surface area contributed by atoms with Gasteiger partial charge in [0.2, 0.25) is 0 Å². The molecule has 1 fully saturated rings. The Bertz CT molecular complexity index is 824. The van der Waals surface area contributed by atoms with Gasteiger partial charge in [0.15, 0.2) is 0 Å². The molecule has 0 spiro atoms. The van der Waals surface area contributed by atoms with Gasteiger partial charge in [0.1, 0.15) is 12.4 Å². The zero-order valence-electron chi connectivity index (χ0n) is 14.4. The number of nitrogens with zero attached hydrogens (tertiary/aromatic N) is 1. The monoisotopic (exact) mass is 443 g/mol. The molecular weight excluding hydrogens is 427 g/mol. The van der Waals surface area contributed by atoms with Crippen molar-refractivity contribution in [1.82, 2.24) is 4.98 Å². The van der Waals surface area contributed by atoms with E-state index in [1.807, 2.05) is 0 Å². The first-order chi connectivity index (χ1) is 12.8. The van der Waals surface area contributed by atoms with Crippen LogP contribution in [0.4, 0.5) is 13.2 Å². The Balaban J connectivity index is 1.57. The third-order valence-corrected chi connectivity index (χ3v) is 4.92. The van der Waals surface area contributed by atoms with Gasteiger partial charge < -0.3 is 9.47 Å². The van der Waals surface area contributed by atoms with E-state index in [4.69, 9.17) is 9.47 Å². The van der Waals surface area contributed by atoms with Gasteiger partial charge in [-0.3, -0.25) is 9.78 Å². The molecule has 0 N–H and O–H groups in total. The molecule has 1 heterocycles. The molecule has 3 rings (SSSR count). The van der Waals surface area contributed by atoms with Crippen LogP contribution in [0.25, 0.3) is 0 Å². The largest absolute Gasteiger partial charge is 0.487 e. The van der Waals surface area contributed by atoms with E-state index in [2.05, 4.69) is 20.9 Å². The van der Waals surface area contributed by atoms with Crippen molar-refractivity contribution in [1.29, 1.82) is 0 Å². The lowest BCUT2D eigenvalue weighted by Gasteiger charge is -2.11. The van der Waals surface area contributed by atoms with Gasteiger partial charge in [-0.25, -0.2) is 0 Å². The van der Waals surface area contributed by atoms with E-state index in [1.165, 1.54) is 12.1 Å². The number of ether oxygens (including phenoxy) is 2. The van der Waals surface area contributed by atoms with Crippen molar-refractivity contribution >= 4 is 21.9 Å². The van der Waals surface area contributed by atoms with E-state index >= 15 is 0 Å². The molecule has 0 bridgehead atoms. The summed E-state index contributed by atoms with van der Waals surface area (Å²) in [6.07, 6.45) is -2.12. The van der Waals surface area contributed by atoms with Crippen LogP contribution in [-0.2, 0) is 22.3 Å². The fraction of sp³-hybridized carbons (Fsp3) is 0.368. The molecule has 0 saturated heterocycles. The van der Waals surface area contributed by atoms with E-state index in [9.17, 15) is 18.0 Å². The van der Waals surface area contributed by atoms with Gasteiger partial charge in [0, 0.05) is 16.1 Å². The van der Waals surface area contributed by atoms with E-state index in [1.54, 1.807) is 25.3 Å². The highest BCUT2D eigenvalue weighted by Crippen LogP contribution is 2.47. The van der Waals surface area contributed by atoms with Gasteiger partial charge in [-0.15, -0.1) is 0 Å². The number of aromatic nitrogens is 1. The summed E-state index contributed by atoms with van der Waals surface area (Å²) in [6, 6.07) is 7.32. The molecule has 144 valence electrons. The van der Waals surface area contributed by atoms with Crippen LogP contribution in [0.2, 0.25) is 0 Å². The second-order valence-corrected chi connectivity index (χ2v) is 7.07. The zero-order chi connectivity index (χ0) is 19.6. The van der Waals surface area contributed by atoms with E-state index < -0.39 is 11.7 Å². The van der Waals surface area contributed by atoms with Gasteiger partial charge in [0.25, 0.3) is 0 Å². The van der Waals surface area contributed by atoms with Crippen LogP contribution in [-0.4, -0.2) is 17.6 Å². The van der Waals surface area contributed by atoms with Gasteiger partial charge in [-0.1, -0.05) is 22.0 Å². The highest BCUT2D eigenvalue weighted by atomic mass is 79.9. The summed E-state index contributed by atoms with van der Waals surface area (Å²) < 4.78 is 48.8. The third kappa shape index (κ3) is 4.80. The Labute approximate surface area is 162 Å². The molecule has 2 aromatic rings. The van der Waals surface area contributed by atoms with Crippen LogP contribution in [0.15, 0.2) is 41.0 Å². The van der Waals surface area contributed by atoms with Crippen molar-refractivity contribution in [3.8, 4) is 5.75 Å². The van der Waals surface area contributed by atoms with Gasteiger partial charge in [-0.2, -0.15) is 13.2 Å². The number of rotatable bonds is 6. The molecule has 1 aliphatic rings. The number of esters is 1. The number of benzene rings is 1. The normalized spacial score (nSPS) is 18.9.